The highest BCUT2D eigenvalue weighted by molar-refractivity contribution is 6.11. The Morgan fingerprint density at radius 2 is 2.04 bits per heavy atom. The summed E-state index contributed by atoms with van der Waals surface area (Å²) in [6, 6.07) is 12.9. The van der Waals surface area contributed by atoms with Gasteiger partial charge in [0.2, 0.25) is 0 Å². The summed E-state index contributed by atoms with van der Waals surface area (Å²) in [6.07, 6.45) is 1.58. The van der Waals surface area contributed by atoms with E-state index in [4.69, 9.17) is 4.74 Å². The Morgan fingerprint density at radius 3 is 2.88 bits per heavy atom. The molecule has 0 saturated carbocycles. The molecule has 0 aliphatic rings. The van der Waals surface area contributed by atoms with Gasteiger partial charge in [-0.2, -0.15) is 0 Å². The highest BCUT2D eigenvalue weighted by Crippen LogP contribution is 2.25. The van der Waals surface area contributed by atoms with Crippen molar-refractivity contribution in [2.24, 2.45) is 0 Å². The van der Waals surface area contributed by atoms with E-state index in [1.54, 1.807) is 12.4 Å². The van der Waals surface area contributed by atoms with Gasteiger partial charge in [-0.25, -0.2) is 4.98 Å². The summed E-state index contributed by atoms with van der Waals surface area (Å²) in [5, 5.41) is 2.92. The SMILES string of the molecule is CN(C)CCOc1ccccc1NC(=O)c1cccc2[nH]cnc12. The van der Waals surface area contributed by atoms with Crippen molar-refractivity contribution in [3.05, 3.63) is 54.4 Å². The van der Waals surface area contributed by atoms with Gasteiger partial charge in [-0.15, -0.1) is 0 Å². The second-order valence-corrected chi connectivity index (χ2v) is 5.71. The van der Waals surface area contributed by atoms with E-state index in [0.717, 1.165) is 12.1 Å². The highest BCUT2D eigenvalue weighted by atomic mass is 16.5. The van der Waals surface area contributed by atoms with Crippen molar-refractivity contribution in [2.45, 2.75) is 0 Å². The number of nitrogens with one attached hydrogen (secondary N) is 2. The molecule has 2 aromatic carbocycles. The van der Waals surface area contributed by atoms with E-state index in [1.165, 1.54) is 0 Å². The van der Waals surface area contributed by atoms with E-state index in [-0.39, 0.29) is 5.91 Å². The van der Waals surface area contributed by atoms with Crippen LogP contribution in [0.3, 0.4) is 0 Å². The van der Waals surface area contributed by atoms with Crippen LogP contribution < -0.4 is 10.1 Å². The Bertz CT molecular complexity index is 842. The number of aromatic nitrogens is 2. The van der Waals surface area contributed by atoms with Gasteiger partial charge in [-0.1, -0.05) is 18.2 Å². The normalized spacial score (nSPS) is 11.0. The number of benzene rings is 2. The lowest BCUT2D eigenvalue weighted by atomic mass is 10.1. The molecule has 3 aromatic rings. The number of para-hydroxylation sites is 3. The third-order valence-corrected chi connectivity index (χ3v) is 3.63. The molecule has 124 valence electrons. The minimum atomic E-state index is -0.212. The lowest BCUT2D eigenvalue weighted by molar-refractivity contribution is 0.102. The number of likely N-dealkylation sites (N-methyl/N-ethyl adjacent to an activating group) is 1. The second-order valence-electron chi connectivity index (χ2n) is 5.71. The van der Waals surface area contributed by atoms with E-state index < -0.39 is 0 Å². The first-order valence-corrected chi connectivity index (χ1v) is 7.75. The van der Waals surface area contributed by atoms with E-state index in [9.17, 15) is 4.79 Å². The van der Waals surface area contributed by atoms with E-state index >= 15 is 0 Å². The van der Waals surface area contributed by atoms with E-state index in [1.807, 2.05) is 55.4 Å². The molecule has 6 heteroatoms. The molecular weight excluding hydrogens is 304 g/mol. The smallest absolute Gasteiger partial charge is 0.258 e. The van der Waals surface area contributed by atoms with Gasteiger partial charge in [-0.05, 0) is 38.4 Å². The summed E-state index contributed by atoms with van der Waals surface area (Å²) < 4.78 is 5.78. The summed E-state index contributed by atoms with van der Waals surface area (Å²) in [7, 11) is 3.98. The maximum absolute atomic E-state index is 12.6. The summed E-state index contributed by atoms with van der Waals surface area (Å²) in [5.41, 5.74) is 2.66. The van der Waals surface area contributed by atoms with Gasteiger partial charge < -0.3 is 19.9 Å². The first-order valence-electron chi connectivity index (χ1n) is 7.75. The van der Waals surface area contributed by atoms with Crippen molar-refractivity contribution in [3.63, 3.8) is 0 Å². The summed E-state index contributed by atoms with van der Waals surface area (Å²) in [6.45, 7) is 1.35. The van der Waals surface area contributed by atoms with Crippen LogP contribution in [0.5, 0.6) is 5.75 Å². The number of carbonyl (C=O) groups is 1. The predicted molar refractivity (Wildman–Crippen MR) is 94.5 cm³/mol. The Labute approximate surface area is 140 Å². The molecule has 0 bridgehead atoms. The lowest BCUT2D eigenvalue weighted by Crippen LogP contribution is -2.20. The Morgan fingerprint density at radius 1 is 1.21 bits per heavy atom. The molecule has 1 aromatic heterocycles. The number of imidazole rings is 1. The first kappa shape index (κ1) is 16.0. The summed E-state index contributed by atoms with van der Waals surface area (Å²) in [4.78, 5) is 21.9. The summed E-state index contributed by atoms with van der Waals surface area (Å²) >= 11 is 0. The minimum Gasteiger partial charge on any atom is -0.490 e. The van der Waals surface area contributed by atoms with E-state index in [2.05, 4.69) is 15.3 Å². The number of rotatable bonds is 6. The van der Waals surface area contributed by atoms with Crippen molar-refractivity contribution in [2.75, 3.05) is 32.6 Å². The number of amides is 1. The Balaban J connectivity index is 1.78. The number of nitrogens with zero attached hydrogens (tertiary/aromatic N) is 2. The molecule has 2 N–H and O–H groups in total. The molecule has 1 heterocycles. The van der Waals surface area contributed by atoms with Crippen molar-refractivity contribution in [1.82, 2.24) is 14.9 Å². The molecule has 0 aliphatic heterocycles. The topological polar surface area (TPSA) is 70.2 Å². The number of H-pyrrole nitrogens is 1. The summed E-state index contributed by atoms with van der Waals surface area (Å²) in [5.74, 6) is 0.443. The van der Waals surface area contributed by atoms with Gasteiger partial charge in [0, 0.05) is 6.54 Å². The average molecular weight is 324 g/mol. The fourth-order valence-electron chi connectivity index (χ4n) is 2.37. The maximum atomic E-state index is 12.6. The molecule has 0 atom stereocenters. The zero-order valence-electron chi connectivity index (χ0n) is 13.7. The zero-order chi connectivity index (χ0) is 16.9. The monoisotopic (exact) mass is 324 g/mol. The molecule has 0 spiro atoms. The molecule has 0 fully saturated rings. The van der Waals surface area contributed by atoms with Gasteiger partial charge >= 0.3 is 0 Å². The van der Waals surface area contributed by atoms with Gasteiger partial charge in [-0.3, -0.25) is 4.79 Å². The second kappa shape index (κ2) is 7.14. The standard InChI is InChI=1S/C18H20N4O2/c1-22(2)10-11-24-16-9-4-3-7-14(16)21-18(23)13-6-5-8-15-17(13)20-12-19-15/h3-9,12H,10-11H2,1-2H3,(H,19,20)(H,21,23). The van der Waals surface area contributed by atoms with Crippen molar-refractivity contribution in [3.8, 4) is 5.75 Å². The van der Waals surface area contributed by atoms with Crippen LogP contribution in [0, 0.1) is 0 Å². The van der Waals surface area contributed by atoms with Gasteiger partial charge in [0.1, 0.15) is 17.9 Å². The quantitative estimate of drug-likeness (QED) is 0.731. The van der Waals surface area contributed by atoms with Crippen LogP contribution in [0.2, 0.25) is 0 Å². The van der Waals surface area contributed by atoms with Crippen LogP contribution in [0.4, 0.5) is 5.69 Å². The number of ether oxygens (including phenoxy) is 1. The molecule has 6 nitrogen and oxygen atoms in total. The number of hydrogen-bond donors (Lipinski definition) is 2. The van der Waals surface area contributed by atoms with Crippen LogP contribution in [0.25, 0.3) is 11.0 Å². The minimum absolute atomic E-state index is 0.212. The van der Waals surface area contributed by atoms with Crippen LogP contribution in [-0.2, 0) is 0 Å². The first-order chi connectivity index (χ1) is 11.6. The maximum Gasteiger partial charge on any atom is 0.258 e. The molecule has 0 radical (unpaired) electrons. The lowest BCUT2D eigenvalue weighted by Gasteiger charge is -2.14. The third-order valence-electron chi connectivity index (χ3n) is 3.63. The van der Waals surface area contributed by atoms with Crippen molar-refractivity contribution in [1.29, 1.82) is 0 Å². The van der Waals surface area contributed by atoms with Crippen molar-refractivity contribution < 1.29 is 9.53 Å². The number of aromatic amines is 1. The average Bonchev–Trinajstić information content (AvgIpc) is 3.04. The van der Waals surface area contributed by atoms with Crippen LogP contribution >= 0.6 is 0 Å². The number of anilines is 1. The number of carbonyl (C=O) groups excluding carboxylic acids is 1. The third kappa shape index (κ3) is 3.55. The molecule has 1 amide bonds. The number of fused-ring (bicyclic) bond motifs is 1. The van der Waals surface area contributed by atoms with Gasteiger partial charge in [0.05, 0.1) is 23.1 Å². The van der Waals surface area contributed by atoms with Crippen molar-refractivity contribution >= 4 is 22.6 Å². The molecule has 3 rings (SSSR count). The van der Waals surface area contributed by atoms with Crippen LogP contribution in [0.15, 0.2) is 48.8 Å². The molecule has 0 saturated heterocycles. The fourth-order valence-corrected chi connectivity index (χ4v) is 2.37. The Kier molecular flexibility index (Phi) is 4.77. The van der Waals surface area contributed by atoms with Gasteiger partial charge in [0.15, 0.2) is 0 Å². The van der Waals surface area contributed by atoms with E-state index in [0.29, 0.717) is 29.1 Å². The molecule has 0 unspecified atom stereocenters. The highest BCUT2D eigenvalue weighted by Gasteiger charge is 2.14. The molecule has 24 heavy (non-hydrogen) atoms. The number of hydrogen-bond acceptors (Lipinski definition) is 4. The molecule has 0 aliphatic carbocycles. The largest absolute Gasteiger partial charge is 0.490 e. The fraction of sp³-hybridized carbons (Fsp3) is 0.222. The van der Waals surface area contributed by atoms with Crippen LogP contribution in [0.1, 0.15) is 10.4 Å². The molecular formula is C18H20N4O2. The van der Waals surface area contributed by atoms with Gasteiger partial charge in [0.25, 0.3) is 5.91 Å². The Hall–Kier alpha value is -2.86. The van der Waals surface area contributed by atoms with Crippen LogP contribution in [-0.4, -0.2) is 48.0 Å². The zero-order valence-corrected chi connectivity index (χ0v) is 13.7. The predicted octanol–water partition coefficient (Wildman–Crippen LogP) is 2.76.